The summed E-state index contributed by atoms with van der Waals surface area (Å²) in [4.78, 5) is 11.8. The van der Waals surface area contributed by atoms with Gasteiger partial charge >= 0.3 is 0 Å². The summed E-state index contributed by atoms with van der Waals surface area (Å²) >= 11 is 0. The van der Waals surface area contributed by atoms with Crippen molar-refractivity contribution in [3.8, 4) is 0 Å². The monoisotopic (exact) mass is 194 g/mol. The van der Waals surface area contributed by atoms with Crippen molar-refractivity contribution in [1.82, 2.24) is 9.78 Å². The molecule has 0 aromatic carbocycles. The number of ketones is 1. The molecule has 0 spiro atoms. The van der Waals surface area contributed by atoms with Gasteiger partial charge in [0, 0.05) is 19.7 Å². The van der Waals surface area contributed by atoms with E-state index >= 15 is 0 Å². The first-order valence-electron chi connectivity index (χ1n) is 5.16. The summed E-state index contributed by atoms with van der Waals surface area (Å²) in [5.74, 6) is 0.674. The van der Waals surface area contributed by atoms with Crippen LogP contribution in [0.2, 0.25) is 0 Å². The van der Waals surface area contributed by atoms with Crippen LogP contribution < -0.4 is 0 Å². The van der Waals surface area contributed by atoms with Gasteiger partial charge in [-0.15, -0.1) is 0 Å². The fraction of sp³-hybridized carbons (Fsp3) is 0.636. The van der Waals surface area contributed by atoms with Crippen LogP contribution in [0, 0.1) is 5.92 Å². The minimum atomic E-state index is 0.200. The van der Waals surface area contributed by atoms with Crippen molar-refractivity contribution >= 4 is 5.78 Å². The van der Waals surface area contributed by atoms with Crippen molar-refractivity contribution in [2.24, 2.45) is 13.0 Å². The van der Waals surface area contributed by atoms with Gasteiger partial charge in [-0.2, -0.15) is 5.10 Å². The third-order valence-electron chi connectivity index (χ3n) is 2.42. The van der Waals surface area contributed by atoms with Crippen LogP contribution >= 0.6 is 0 Å². The maximum absolute atomic E-state index is 11.8. The van der Waals surface area contributed by atoms with Crippen LogP contribution in [0.3, 0.4) is 0 Å². The van der Waals surface area contributed by atoms with Crippen LogP contribution in [-0.2, 0) is 7.05 Å². The average Bonchev–Trinajstić information content (AvgIpc) is 2.51. The predicted molar refractivity (Wildman–Crippen MR) is 56.2 cm³/mol. The van der Waals surface area contributed by atoms with Gasteiger partial charge in [0.25, 0.3) is 0 Å². The molecule has 0 amide bonds. The highest BCUT2D eigenvalue weighted by Gasteiger charge is 2.13. The summed E-state index contributed by atoms with van der Waals surface area (Å²) in [6.07, 6.45) is 4.55. The van der Waals surface area contributed by atoms with E-state index in [0.717, 1.165) is 12.8 Å². The molecule has 3 heteroatoms. The lowest BCUT2D eigenvalue weighted by Crippen LogP contribution is -2.10. The Morgan fingerprint density at radius 1 is 1.64 bits per heavy atom. The molecule has 78 valence electrons. The molecule has 0 aliphatic carbocycles. The number of rotatable bonds is 5. The number of aryl methyl sites for hydroxylation is 1. The maximum Gasteiger partial charge on any atom is 0.181 e. The number of aromatic nitrogens is 2. The van der Waals surface area contributed by atoms with Gasteiger partial charge in [-0.05, 0) is 12.0 Å². The lowest BCUT2D eigenvalue weighted by atomic mass is 9.98. The van der Waals surface area contributed by atoms with Gasteiger partial charge in [0.15, 0.2) is 5.78 Å². The topological polar surface area (TPSA) is 34.9 Å². The van der Waals surface area contributed by atoms with E-state index in [-0.39, 0.29) is 5.78 Å². The third-order valence-corrected chi connectivity index (χ3v) is 2.42. The zero-order chi connectivity index (χ0) is 10.6. The number of hydrogen-bond acceptors (Lipinski definition) is 2. The maximum atomic E-state index is 11.8. The molecule has 1 heterocycles. The minimum absolute atomic E-state index is 0.200. The number of carbonyl (C=O) groups excluding carboxylic acids is 1. The molecule has 3 nitrogen and oxygen atoms in total. The molecule has 1 unspecified atom stereocenters. The largest absolute Gasteiger partial charge is 0.292 e. The van der Waals surface area contributed by atoms with E-state index in [4.69, 9.17) is 0 Å². The Balaban J connectivity index is 2.55. The van der Waals surface area contributed by atoms with Crippen molar-refractivity contribution in [2.75, 3.05) is 0 Å². The molecule has 0 bridgehead atoms. The molecule has 0 N–H and O–H groups in total. The summed E-state index contributed by atoms with van der Waals surface area (Å²) in [5, 5.41) is 3.99. The SMILES string of the molecule is CCCC(C)CC(=O)c1ccnn1C. The van der Waals surface area contributed by atoms with Crippen LogP contribution in [0.1, 0.15) is 43.6 Å². The number of carbonyl (C=O) groups is 1. The summed E-state index contributed by atoms with van der Waals surface area (Å²) in [5.41, 5.74) is 0.716. The van der Waals surface area contributed by atoms with Crippen LogP contribution in [0.4, 0.5) is 0 Å². The second-order valence-electron chi connectivity index (χ2n) is 3.86. The van der Waals surface area contributed by atoms with Crippen molar-refractivity contribution in [1.29, 1.82) is 0 Å². The molecule has 1 rings (SSSR count). The first-order valence-corrected chi connectivity index (χ1v) is 5.16. The second kappa shape index (κ2) is 4.94. The second-order valence-corrected chi connectivity index (χ2v) is 3.86. The Bertz CT molecular complexity index is 304. The van der Waals surface area contributed by atoms with E-state index in [1.54, 1.807) is 24.0 Å². The number of Topliss-reactive ketones (excluding diaryl/α,β-unsaturated/α-hetero) is 1. The van der Waals surface area contributed by atoms with Gasteiger partial charge in [0.1, 0.15) is 5.69 Å². The molecule has 0 radical (unpaired) electrons. The van der Waals surface area contributed by atoms with Gasteiger partial charge in [-0.25, -0.2) is 0 Å². The molecule has 1 aromatic heterocycles. The summed E-state index contributed by atoms with van der Waals surface area (Å²) in [6.45, 7) is 4.27. The summed E-state index contributed by atoms with van der Waals surface area (Å²) in [6, 6.07) is 1.78. The molecule has 0 fully saturated rings. The van der Waals surface area contributed by atoms with E-state index in [1.807, 2.05) is 0 Å². The molecule has 0 saturated carbocycles. The zero-order valence-electron chi connectivity index (χ0n) is 9.16. The molecular weight excluding hydrogens is 176 g/mol. The lowest BCUT2D eigenvalue weighted by Gasteiger charge is -2.08. The van der Waals surface area contributed by atoms with Crippen molar-refractivity contribution in [2.45, 2.75) is 33.1 Å². The van der Waals surface area contributed by atoms with Crippen LogP contribution in [0.25, 0.3) is 0 Å². The van der Waals surface area contributed by atoms with Crippen LogP contribution in [0.15, 0.2) is 12.3 Å². The Hall–Kier alpha value is -1.12. The summed E-state index contributed by atoms with van der Waals surface area (Å²) in [7, 11) is 1.80. The van der Waals surface area contributed by atoms with E-state index in [1.165, 1.54) is 0 Å². The van der Waals surface area contributed by atoms with Crippen molar-refractivity contribution in [3.05, 3.63) is 18.0 Å². The molecule has 0 aliphatic rings. The lowest BCUT2D eigenvalue weighted by molar-refractivity contribution is 0.0953. The Morgan fingerprint density at radius 2 is 2.36 bits per heavy atom. The van der Waals surface area contributed by atoms with Gasteiger partial charge in [-0.3, -0.25) is 9.48 Å². The Morgan fingerprint density at radius 3 is 2.86 bits per heavy atom. The number of nitrogens with zero attached hydrogens (tertiary/aromatic N) is 2. The summed E-state index contributed by atoms with van der Waals surface area (Å²) < 4.78 is 1.64. The highest BCUT2D eigenvalue weighted by Crippen LogP contribution is 2.13. The van der Waals surface area contributed by atoms with E-state index < -0.39 is 0 Å². The molecule has 0 aliphatic heterocycles. The fourth-order valence-electron chi connectivity index (χ4n) is 1.66. The molecular formula is C11H18N2O. The normalized spacial score (nSPS) is 12.8. The highest BCUT2D eigenvalue weighted by molar-refractivity contribution is 5.94. The van der Waals surface area contributed by atoms with Crippen molar-refractivity contribution < 1.29 is 4.79 Å². The smallest absolute Gasteiger partial charge is 0.181 e. The first kappa shape index (κ1) is 11.0. The van der Waals surface area contributed by atoms with Gasteiger partial charge in [-0.1, -0.05) is 26.7 Å². The molecule has 1 aromatic rings. The van der Waals surface area contributed by atoms with Crippen LogP contribution in [-0.4, -0.2) is 15.6 Å². The highest BCUT2D eigenvalue weighted by atomic mass is 16.1. The number of hydrogen-bond donors (Lipinski definition) is 0. The van der Waals surface area contributed by atoms with Gasteiger partial charge in [0.2, 0.25) is 0 Å². The third kappa shape index (κ3) is 2.69. The zero-order valence-corrected chi connectivity index (χ0v) is 9.16. The van der Waals surface area contributed by atoms with Gasteiger partial charge in [0.05, 0.1) is 0 Å². The molecule has 0 saturated heterocycles. The average molecular weight is 194 g/mol. The van der Waals surface area contributed by atoms with E-state index in [2.05, 4.69) is 18.9 Å². The Kier molecular flexibility index (Phi) is 3.86. The van der Waals surface area contributed by atoms with E-state index in [9.17, 15) is 4.79 Å². The first-order chi connectivity index (χ1) is 6.65. The van der Waals surface area contributed by atoms with Crippen LogP contribution in [0.5, 0.6) is 0 Å². The quantitative estimate of drug-likeness (QED) is 0.675. The van der Waals surface area contributed by atoms with Gasteiger partial charge < -0.3 is 0 Å². The van der Waals surface area contributed by atoms with Crippen molar-refractivity contribution in [3.63, 3.8) is 0 Å². The fourth-order valence-corrected chi connectivity index (χ4v) is 1.66. The molecule has 1 atom stereocenters. The predicted octanol–water partition coefficient (Wildman–Crippen LogP) is 2.43. The van der Waals surface area contributed by atoms with E-state index in [0.29, 0.717) is 18.0 Å². The minimum Gasteiger partial charge on any atom is -0.292 e. The standard InChI is InChI=1S/C11H18N2O/c1-4-5-9(2)8-11(14)10-6-7-12-13(10)3/h6-7,9H,4-5,8H2,1-3H3. The Labute approximate surface area is 85.1 Å². The molecule has 14 heavy (non-hydrogen) atoms.